The van der Waals surface area contributed by atoms with Crippen molar-refractivity contribution in [3.05, 3.63) is 0 Å². The molecule has 2 heteroatoms. The number of rotatable bonds is 6. The lowest BCUT2D eigenvalue weighted by atomic mass is 9.68. The highest BCUT2D eigenvalue weighted by molar-refractivity contribution is 4.91. The highest BCUT2D eigenvalue weighted by Crippen LogP contribution is 2.40. The van der Waals surface area contributed by atoms with Gasteiger partial charge < -0.3 is 10.6 Å². The lowest BCUT2D eigenvalue weighted by Crippen LogP contribution is -2.49. The van der Waals surface area contributed by atoms with Gasteiger partial charge in [0.25, 0.3) is 0 Å². The van der Waals surface area contributed by atoms with Crippen molar-refractivity contribution in [3.8, 4) is 0 Å². The van der Waals surface area contributed by atoms with Crippen molar-refractivity contribution in [3.63, 3.8) is 0 Å². The quantitative estimate of drug-likeness (QED) is 0.709. The lowest BCUT2D eigenvalue weighted by Gasteiger charge is -2.45. The van der Waals surface area contributed by atoms with Crippen LogP contribution in [0.15, 0.2) is 0 Å². The summed E-state index contributed by atoms with van der Waals surface area (Å²) in [5.74, 6) is 0. The Hall–Kier alpha value is -0.0800. The van der Waals surface area contributed by atoms with E-state index in [9.17, 15) is 0 Å². The molecule has 0 heterocycles. The van der Waals surface area contributed by atoms with E-state index in [1.54, 1.807) is 0 Å². The number of nitrogens with zero attached hydrogens (tertiary/aromatic N) is 1. The summed E-state index contributed by atoms with van der Waals surface area (Å²) < 4.78 is 0. The van der Waals surface area contributed by atoms with E-state index in [2.05, 4.69) is 25.7 Å². The van der Waals surface area contributed by atoms with Crippen LogP contribution in [0.25, 0.3) is 0 Å². The first-order valence-corrected chi connectivity index (χ1v) is 6.07. The summed E-state index contributed by atoms with van der Waals surface area (Å²) >= 11 is 0. The summed E-state index contributed by atoms with van der Waals surface area (Å²) in [6.07, 6.45) is 5.32. The monoisotopic (exact) mass is 198 g/mol. The molecule has 1 aliphatic rings. The van der Waals surface area contributed by atoms with Gasteiger partial charge in [-0.25, -0.2) is 0 Å². The molecule has 0 saturated heterocycles. The lowest BCUT2D eigenvalue weighted by molar-refractivity contribution is 0.0590. The molecule has 1 rings (SSSR count). The van der Waals surface area contributed by atoms with Gasteiger partial charge in [-0.3, -0.25) is 0 Å². The van der Waals surface area contributed by atoms with Gasteiger partial charge in [-0.05, 0) is 51.6 Å². The molecule has 0 aromatic rings. The fraction of sp³-hybridized carbons (Fsp3) is 1.00. The first-order chi connectivity index (χ1) is 6.63. The Morgan fingerprint density at radius 2 is 2.00 bits per heavy atom. The third kappa shape index (κ3) is 2.71. The average molecular weight is 198 g/mol. The number of hydrogen-bond acceptors (Lipinski definition) is 2. The molecule has 0 bridgehead atoms. The zero-order chi connectivity index (χ0) is 10.6. The molecule has 0 unspecified atom stereocenters. The van der Waals surface area contributed by atoms with E-state index in [0.29, 0.717) is 11.5 Å². The molecule has 0 atom stereocenters. The summed E-state index contributed by atoms with van der Waals surface area (Å²) in [5, 5.41) is 0. The van der Waals surface area contributed by atoms with Gasteiger partial charge in [0.2, 0.25) is 0 Å². The number of nitrogens with two attached hydrogens (primary N) is 1. The van der Waals surface area contributed by atoms with Gasteiger partial charge in [-0.1, -0.05) is 13.3 Å². The van der Waals surface area contributed by atoms with Crippen LogP contribution in [0.4, 0.5) is 0 Å². The maximum absolute atomic E-state index is 5.89. The Morgan fingerprint density at radius 1 is 1.36 bits per heavy atom. The molecule has 1 aliphatic carbocycles. The molecule has 84 valence electrons. The van der Waals surface area contributed by atoms with Crippen LogP contribution in [0, 0.1) is 5.41 Å². The molecule has 0 aromatic carbocycles. The third-order valence-corrected chi connectivity index (χ3v) is 3.63. The van der Waals surface area contributed by atoms with Crippen molar-refractivity contribution in [1.82, 2.24) is 4.90 Å². The predicted octanol–water partition coefficient (Wildman–Crippen LogP) is 2.24. The van der Waals surface area contributed by atoms with Crippen LogP contribution in [0.5, 0.6) is 0 Å². The van der Waals surface area contributed by atoms with Gasteiger partial charge in [-0.2, -0.15) is 0 Å². The summed E-state index contributed by atoms with van der Waals surface area (Å²) in [4.78, 5) is 2.59. The van der Waals surface area contributed by atoms with Crippen molar-refractivity contribution in [1.29, 1.82) is 0 Å². The van der Waals surface area contributed by atoms with Crippen molar-refractivity contribution in [2.24, 2.45) is 11.1 Å². The van der Waals surface area contributed by atoms with E-state index < -0.39 is 0 Å². The molecule has 2 N–H and O–H groups in total. The van der Waals surface area contributed by atoms with Crippen LogP contribution >= 0.6 is 0 Å². The summed E-state index contributed by atoms with van der Waals surface area (Å²) in [6, 6.07) is 0.666. The Bertz CT molecular complexity index is 156. The van der Waals surface area contributed by atoms with Crippen LogP contribution in [0.2, 0.25) is 0 Å². The standard InChI is InChI=1S/C12H26N2/c1-4-8-14(11(2)3)10-12(9-13)6-5-7-12/h11H,4-10,13H2,1-3H3. The van der Waals surface area contributed by atoms with E-state index in [1.165, 1.54) is 38.8 Å². The Kier molecular flexibility index (Phi) is 4.39. The molecule has 0 amide bonds. The fourth-order valence-electron chi connectivity index (χ4n) is 2.34. The minimum atomic E-state index is 0.472. The number of hydrogen-bond donors (Lipinski definition) is 1. The van der Waals surface area contributed by atoms with E-state index >= 15 is 0 Å². The maximum atomic E-state index is 5.89. The van der Waals surface area contributed by atoms with Crippen LogP contribution in [-0.2, 0) is 0 Å². The first-order valence-electron chi connectivity index (χ1n) is 6.07. The fourth-order valence-corrected chi connectivity index (χ4v) is 2.34. The van der Waals surface area contributed by atoms with E-state index in [1.807, 2.05) is 0 Å². The summed E-state index contributed by atoms with van der Waals surface area (Å²) in [5.41, 5.74) is 6.36. The van der Waals surface area contributed by atoms with Crippen LogP contribution in [0.1, 0.15) is 46.5 Å². The molecule has 0 aliphatic heterocycles. The second-order valence-electron chi connectivity index (χ2n) is 5.12. The van der Waals surface area contributed by atoms with E-state index in [4.69, 9.17) is 5.73 Å². The predicted molar refractivity (Wildman–Crippen MR) is 62.3 cm³/mol. The highest BCUT2D eigenvalue weighted by Gasteiger charge is 2.37. The van der Waals surface area contributed by atoms with Gasteiger partial charge in [0, 0.05) is 12.6 Å². The molecule has 1 fully saturated rings. The van der Waals surface area contributed by atoms with Gasteiger partial charge in [-0.15, -0.1) is 0 Å². The molecular weight excluding hydrogens is 172 g/mol. The average Bonchev–Trinajstić information content (AvgIpc) is 2.09. The molecule has 0 radical (unpaired) electrons. The van der Waals surface area contributed by atoms with Crippen molar-refractivity contribution in [2.75, 3.05) is 19.6 Å². The van der Waals surface area contributed by atoms with Crippen LogP contribution in [0.3, 0.4) is 0 Å². The maximum Gasteiger partial charge on any atom is 0.00528 e. The second kappa shape index (κ2) is 5.13. The third-order valence-electron chi connectivity index (χ3n) is 3.63. The van der Waals surface area contributed by atoms with Gasteiger partial charge in [0.15, 0.2) is 0 Å². The largest absolute Gasteiger partial charge is 0.330 e. The van der Waals surface area contributed by atoms with E-state index in [-0.39, 0.29) is 0 Å². The smallest absolute Gasteiger partial charge is 0.00528 e. The van der Waals surface area contributed by atoms with Gasteiger partial charge >= 0.3 is 0 Å². The van der Waals surface area contributed by atoms with Crippen molar-refractivity contribution in [2.45, 2.75) is 52.5 Å². The molecule has 0 spiro atoms. The zero-order valence-corrected chi connectivity index (χ0v) is 10.1. The van der Waals surface area contributed by atoms with Crippen molar-refractivity contribution < 1.29 is 0 Å². The molecule has 0 aromatic heterocycles. The minimum absolute atomic E-state index is 0.472. The molecule has 1 saturated carbocycles. The Labute approximate surface area is 88.8 Å². The van der Waals surface area contributed by atoms with Gasteiger partial charge in [0.1, 0.15) is 0 Å². The van der Waals surface area contributed by atoms with Crippen molar-refractivity contribution >= 4 is 0 Å². The molecule has 14 heavy (non-hydrogen) atoms. The zero-order valence-electron chi connectivity index (χ0n) is 10.1. The second-order valence-corrected chi connectivity index (χ2v) is 5.12. The normalized spacial score (nSPS) is 20.1. The summed E-state index contributed by atoms with van der Waals surface area (Å²) in [6.45, 7) is 10.1. The minimum Gasteiger partial charge on any atom is -0.330 e. The van der Waals surface area contributed by atoms with Crippen LogP contribution in [-0.4, -0.2) is 30.6 Å². The SMILES string of the molecule is CCCN(CC1(CN)CCC1)C(C)C. The van der Waals surface area contributed by atoms with E-state index in [0.717, 1.165) is 6.54 Å². The Morgan fingerprint density at radius 3 is 2.29 bits per heavy atom. The highest BCUT2D eigenvalue weighted by atomic mass is 15.2. The summed E-state index contributed by atoms with van der Waals surface area (Å²) in [7, 11) is 0. The molecule has 2 nitrogen and oxygen atoms in total. The topological polar surface area (TPSA) is 29.3 Å². The first kappa shape index (κ1) is 12.0. The molecular formula is C12H26N2. The van der Waals surface area contributed by atoms with Crippen LogP contribution < -0.4 is 5.73 Å². The Balaban J connectivity index is 2.44. The van der Waals surface area contributed by atoms with Gasteiger partial charge in [0.05, 0.1) is 0 Å².